The second-order valence-corrected chi connectivity index (χ2v) is 5.61. The molecule has 114 valence electrons. The van der Waals surface area contributed by atoms with E-state index in [1.807, 2.05) is 53.4 Å². The summed E-state index contributed by atoms with van der Waals surface area (Å²) in [5.74, 6) is -0.353. The number of hydrogen-bond donors (Lipinski definition) is 1. The Kier molecular flexibility index (Phi) is 3.96. The molecule has 1 aromatic carbocycles. The molecule has 3 rings (SSSR count). The van der Waals surface area contributed by atoms with Gasteiger partial charge in [0.2, 0.25) is 5.91 Å². The fraction of sp³-hybridized carbons (Fsp3) is 0.294. The van der Waals surface area contributed by atoms with Crippen LogP contribution < -0.4 is 5.73 Å². The van der Waals surface area contributed by atoms with Crippen LogP contribution in [0.15, 0.2) is 48.8 Å². The van der Waals surface area contributed by atoms with Gasteiger partial charge in [0.1, 0.15) is 0 Å². The lowest BCUT2D eigenvalue weighted by atomic mass is 9.96. The van der Waals surface area contributed by atoms with Gasteiger partial charge in [-0.15, -0.1) is 0 Å². The SMILES string of the molecule is NC(=O)C1CCN(C(=O)c2cccc(-n3cccc3)c2)CC1. The van der Waals surface area contributed by atoms with Crippen molar-refractivity contribution < 1.29 is 9.59 Å². The van der Waals surface area contributed by atoms with Crippen molar-refractivity contribution in [1.82, 2.24) is 9.47 Å². The number of hydrogen-bond acceptors (Lipinski definition) is 2. The number of aromatic nitrogens is 1. The maximum Gasteiger partial charge on any atom is 0.253 e. The molecule has 0 saturated carbocycles. The van der Waals surface area contributed by atoms with Crippen molar-refractivity contribution >= 4 is 11.8 Å². The van der Waals surface area contributed by atoms with Crippen molar-refractivity contribution in [3.05, 3.63) is 54.4 Å². The Morgan fingerprint density at radius 2 is 1.73 bits per heavy atom. The number of likely N-dealkylation sites (tertiary alicyclic amines) is 1. The highest BCUT2D eigenvalue weighted by molar-refractivity contribution is 5.95. The van der Waals surface area contributed by atoms with Crippen LogP contribution in [0, 0.1) is 5.92 Å². The first kappa shape index (κ1) is 14.4. The summed E-state index contributed by atoms with van der Waals surface area (Å²) in [5.41, 5.74) is 6.96. The fourth-order valence-corrected chi connectivity index (χ4v) is 2.86. The summed E-state index contributed by atoms with van der Waals surface area (Å²) in [5, 5.41) is 0. The predicted molar refractivity (Wildman–Crippen MR) is 83.6 cm³/mol. The first-order chi connectivity index (χ1) is 10.6. The summed E-state index contributed by atoms with van der Waals surface area (Å²) in [4.78, 5) is 25.6. The fourth-order valence-electron chi connectivity index (χ4n) is 2.86. The van der Waals surface area contributed by atoms with Crippen molar-refractivity contribution in [3.8, 4) is 5.69 Å². The Morgan fingerprint density at radius 1 is 1.05 bits per heavy atom. The zero-order chi connectivity index (χ0) is 15.5. The molecule has 2 N–H and O–H groups in total. The van der Waals surface area contributed by atoms with Crippen LogP contribution in [0.5, 0.6) is 0 Å². The van der Waals surface area contributed by atoms with E-state index < -0.39 is 0 Å². The monoisotopic (exact) mass is 297 g/mol. The van der Waals surface area contributed by atoms with E-state index in [1.54, 1.807) is 4.90 Å². The summed E-state index contributed by atoms with van der Waals surface area (Å²) in [6.45, 7) is 1.17. The number of rotatable bonds is 3. The van der Waals surface area contributed by atoms with Gasteiger partial charge in [-0.05, 0) is 43.2 Å². The van der Waals surface area contributed by atoms with Crippen molar-refractivity contribution in [3.63, 3.8) is 0 Å². The average Bonchev–Trinajstić information content (AvgIpc) is 3.09. The molecule has 0 atom stereocenters. The third kappa shape index (κ3) is 2.88. The van der Waals surface area contributed by atoms with Crippen molar-refractivity contribution in [2.45, 2.75) is 12.8 Å². The number of nitrogens with two attached hydrogens (primary N) is 1. The molecule has 1 fully saturated rings. The van der Waals surface area contributed by atoms with Crippen molar-refractivity contribution in [2.24, 2.45) is 11.7 Å². The van der Waals surface area contributed by atoms with E-state index in [0.29, 0.717) is 31.5 Å². The molecular formula is C17H19N3O2. The van der Waals surface area contributed by atoms with Gasteiger partial charge in [-0.1, -0.05) is 6.07 Å². The van der Waals surface area contributed by atoms with E-state index in [-0.39, 0.29) is 17.7 Å². The molecule has 5 heteroatoms. The third-order valence-corrected chi connectivity index (χ3v) is 4.18. The average molecular weight is 297 g/mol. The Morgan fingerprint density at radius 3 is 2.36 bits per heavy atom. The van der Waals surface area contributed by atoms with Crippen molar-refractivity contribution in [1.29, 1.82) is 0 Å². The Balaban J connectivity index is 1.73. The van der Waals surface area contributed by atoms with E-state index >= 15 is 0 Å². The molecule has 5 nitrogen and oxygen atoms in total. The van der Waals surface area contributed by atoms with Crippen LogP contribution in [-0.4, -0.2) is 34.4 Å². The Hall–Kier alpha value is -2.56. The highest BCUT2D eigenvalue weighted by atomic mass is 16.2. The maximum absolute atomic E-state index is 12.6. The summed E-state index contributed by atoms with van der Waals surface area (Å²) in [6, 6.07) is 11.5. The number of piperidine rings is 1. The van der Waals surface area contributed by atoms with Gasteiger partial charge in [0.15, 0.2) is 0 Å². The van der Waals surface area contributed by atoms with E-state index in [9.17, 15) is 9.59 Å². The molecule has 0 bridgehead atoms. The maximum atomic E-state index is 12.6. The molecule has 1 aromatic heterocycles. The first-order valence-electron chi connectivity index (χ1n) is 7.47. The zero-order valence-corrected chi connectivity index (χ0v) is 12.3. The quantitative estimate of drug-likeness (QED) is 0.939. The van der Waals surface area contributed by atoms with Gasteiger partial charge in [0.25, 0.3) is 5.91 Å². The number of benzene rings is 1. The normalized spacial score (nSPS) is 15.7. The predicted octanol–water partition coefficient (Wildman–Crippen LogP) is 1.81. The summed E-state index contributed by atoms with van der Waals surface area (Å²) in [7, 11) is 0. The van der Waals surface area contributed by atoms with Gasteiger partial charge in [0, 0.05) is 42.7 Å². The largest absolute Gasteiger partial charge is 0.369 e. The van der Waals surface area contributed by atoms with E-state index in [0.717, 1.165) is 5.69 Å². The molecule has 1 aliphatic rings. The standard InChI is InChI=1S/C17H19N3O2/c18-16(21)13-6-10-20(11-7-13)17(22)14-4-3-5-15(12-14)19-8-1-2-9-19/h1-5,8-9,12-13H,6-7,10-11H2,(H2,18,21). The van der Waals surface area contributed by atoms with Crippen LogP contribution in [0.3, 0.4) is 0 Å². The minimum absolute atomic E-state index is 0.0110. The molecule has 1 aliphatic heterocycles. The van der Waals surface area contributed by atoms with Crippen LogP contribution in [0.1, 0.15) is 23.2 Å². The molecule has 0 aliphatic carbocycles. The van der Waals surface area contributed by atoms with Crippen LogP contribution in [0.4, 0.5) is 0 Å². The Labute approximate surface area is 129 Å². The molecule has 0 unspecified atom stereocenters. The molecule has 2 heterocycles. The van der Waals surface area contributed by atoms with Crippen LogP contribution in [-0.2, 0) is 4.79 Å². The lowest BCUT2D eigenvalue weighted by molar-refractivity contribution is -0.123. The van der Waals surface area contributed by atoms with Gasteiger partial charge in [-0.2, -0.15) is 0 Å². The number of carbonyl (C=O) groups excluding carboxylic acids is 2. The number of carbonyl (C=O) groups is 2. The lowest BCUT2D eigenvalue weighted by Gasteiger charge is -2.30. The second kappa shape index (κ2) is 6.05. The van der Waals surface area contributed by atoms with Crippen LogP contribution in [0.2, 0.25) is 0 Å². The lowest BCUT2D eigenvalue weighted by Crippen LogP contribution is -2.41. The van der Waals surface area contributed by atoms with E-state index in [1.165, 1.54) is 0 Å². The molecule has 2 aromatic rings. The van der Waals surface area contributed by atoms with Crippen molar-refractivity contribution in [2.75, 3.05) is 13.1 Å². The minimum Gasteiger partial charge on any atom is -0.369 e. The summed E-state index contributed by atoms with van der Waals surface area (Å²) < 4.78 is 1.97. The van der Waals surface area contributed by atoms with Crippen LogP contribution in [0.25, 0.3) is 5.69 Å². The zero-order valence-electron chi connectivity index (χ0n) is 12.3. The Bertz CT molecular complexity index is 671. The smallest absolute Gasteiger partial charge is 0.253 e. The molecule has 22 heavy (non-hydrogen) atoms. The van der Waals surface area contributed by atoms with Gasteiger partial charge in [-0.25, -0.2) is 0 Å². The minimum atomic E-state index is -0.262. The third-order valence-electron chi connectivity index (χ3n) is 4.18. The highest BCUT2D eigenvalue weighted by Crippen LogP contribution is 2.20. The number of nitrogens with zero attached hydrogens (tertiary/aromatic N) is 2. The van der Waals surface area contributed by atoms with Gasteiger partial charge < -0.3 is 15.2 Å². The second-order valence-electron chi connectivity index (χ2n) is 5.61. The first-order valence-corrected chi connectivity index (χ1v) is 7.47. The topological polar surface area (TPSA) is 68.3 Å². The summed E-state index contributed by atoms with van der Waals surface area (Å²) in [6.07, 6.45) is 5.20. The molecule has 0 spiro atoms. The molecule has 1 saturated heterocycles. The molecule has 0 radical (unpaired) electrons. The summed E-state index contributed by atoms with van der Waals surface area (Å²) >= 11 is 0. The number of primary amides is 1. The van der Waals surface area contributed by atoms with E-state index in [4.69, 9.17) is 5.73 Å². The van der Waals surface area contributed by atoms with E-state index in [2.05, 4.69) is 0 Å². The number of amides is 2. The van der Waals surface area contributed by atoms with Gasteiger partial charge >= 0.3 is 0 Å². The van der Waals surface area contributed by atoms with Gasteiger partial charge in [0.05, 0.1) is 0 Å². The molecule has 2 amide bonds. The highest BCUT2D eigenvalue weighted by Gasteiger charge is 2.26. The molecular weight excluding hydrogens is 278 g/mol. The van der Waals surface area contributed by atoms with Gasteiger partial charge in [-0.3, -0.25) is 9.59 Å². The van der Waals surface area contributed by atoms with Crippen LogP contribution >= 0.6 is 0 Å².